The average molecular weight is 889 g/mol. The van der Waals surface area contributed by atoms with E-state index in [-0.39, 0.29) is 0 Å². The fraction of sp³-hybridized carbons (Fsp3) is 0. The van der Waals surface area contributed by atoms with E-state index in [0.717, 1.165) is 98.6 Å². The van der Waals surface area contributed by atoms with Crippen molar-refractivity contribution in [3.8, 4) is 28.8 Å². The van der Waals surface area contributed by atoms with E-state index in [1.54, 1.807) is 0 Å². The van der Waals surface area contributed by atoms with E-state index in [1.165, 1.54) is 21.5 Å². The molecule has 6 nitrogen and oxygen atoms in total. The van der Waals surface area contributed by atoms with Gasteiger partial charge in [-0.25, -0.2) is 4.85 Å². The van der Waals surface area contributed by atoms with Gasteiger partial charge in [0.15, 0.2) is 0 Å². The maximum atomic E-state index is 11.6. The SMILES string of the molecule is [C-]#[N+]c1cc(-n2c3ccc4ccccc4c3c3cccc(-n4c5ccccc5c5ccccc54)c32)c(C#N)cc1-n1c2ccc3ccccc3c2c2cccc(-n3c4ccccc4c4ccccc43)c21. The molecular weight excluding hydrogens is 853 g/mol. The molecule has 0 saturated carbocycles. The van der Waals surface area contributed by atoms with Crippen LogP contribution in [0.3, 0.4) is 0 Å². The van der Waals surface area contributed by atoms with Gasteiger partial charge in [0.05, 0.1) is 79.0 Å². The summed E-state index contributed by atoms with van der Waals surface area (Å²) in [5, 5.41) is 25.1. The van der Waals surface area contributed by atoms with Crippen LogP contribution in [0.1, 0.15) is 5.56 Å². The zero-order valence-electron chi connectivity index (χ0n) is 37.5. The molecule has 70 heavy (non-hydrogen) atoms. The summed E-state index contributed by atoms with van der Waals surface area (Å²) in [5.74, 6) is 0. The minimum absolute atomic E-state index is 0.433. The van der Waals surface area contributed by atoms with Gasteiger partial charge in [0, 0.05) is 43.1 Å². The molecule has 0 fully saturated rings. The Morgan fingerprint density at radius 2 is 0.714 bits per heavy atom. The normalized spacial score (nSPS) is 12.0. The lowest BCUT2D eigenvalue weighted by Crippen LogP contribution is -2.05. The Morgan fingerprint density at radius 3 is 1.14 bits per heavy atom. The van der Waals surface area contributed by atoms with Gasteiger partial charge >= 0.3 is 0 Å². The topological polar surface area (TPSA) is 47.9 Å². The lowest BCUT2D eigenvalue weighted by Gasteiger charge is -2.19. The Kier molecular flexibility index (Phi) is 7.82. The molecule has 0 atom stereocenters. The summed E-state index contributed by atoms with van der Waals surface area (Å²) < 4.78 is 9.21. The van der Waals surface area contributed by atoms with E-state index in [2.05, 4.69) is 235 Å². The van der Waals surface area contributed by atoms with Crippen molar-refractivity contribution in [2.45, 2.75) is 0 Å². The molecule has 6 heteroatoms. The van der Waals surface area contributed by atoms with Crippen LogP contribution in [0.2, 0.25) is 0 Å². The third kappa shape index (κ3) is 5.03. The third-order valence-electron chi connectivity index (χ3n) is 14.8. The van der Waals surface area contributed by atoms with E-state index in [4.69, 9.17) is 6.57 Å². The Balaban J connectivity index is 1.09. The van der Waals surface area contributed by atoms with Crippen molar-refractivity contribution in [1.82, 2.24) is 18.3 Å². The number of fused-ring (bicyclic) bond motifs is 16. The van der Waals surface area contributed by atoms with Gasteiger partial charge in [-0.3, -0.25) is 0 Å². The summed E-state index contributed by atoms with van der Waals surface area (Å²) in [5.41, 5.74) is 12.3. The van der Waals surface area contributed by atoms with Gasteiger partial charge in [0.2, 0.25) is 5.69 Å². The molecule has 15 aromatic rings. The summed E-state index contributed by atoms with van der Waals surface area (Å²) in [6.07, 6.45) is 0. The van der Waals surface area contributed by atoms with Crippen LogP contribution in [0.4, 0.5) is 5.69 Å². The first-order valence-corrected chi connectivity index (χ1v) is 23.5. The fourth-order valence-corrected chi connectivity index (χ4v) is 12.0. The zero-order chi connectivity index (χ0) is 46.2. The maximum Gasteiger partial charge on any atom is 0.212 e. The summed E-state index contributed by atoms with van der Waals surface area (Å²) in [4.78, 5) is 4.40. The Bertz CT molecular complexity index is 4450. The number of benzene rings is 11. The zero-order valence-corrected chi connectivity index (χ0v) is 37.5. The highest BCUT2D eigenvalue weighted by molar-refractivity contribution is 6.25. The van der Waals surface area contributed by atoms with Crippen molar-refractivity contribution in [3.05, 3.63) is 235 Å². The third-order valence-corrected chi connectivity index (χ3v) is 14.8. The molecule has 0 N–H and O–H groups in total. The molecule has 0 aliphatic carbocycles. The van der Waals surface area contributed by atoms with Crippen molar-refractivity contribution in [2.75, 3.05) is 0 Å². The van der Waals surface area contributed by atoms with Crippen LogP contribution < -0.4 is 0 Å². The molecule has 15 rings (SSSR count). The van der Waals surface area contributed by atoms with E-state index in [9.17, 15) is 5.26 Å². The molecule has 0 spiro atoms. The van der Waals surface area contributed by atoms with Crippen molar-refractivity contribution in [3.63, 3.8) is 0 Å². The summed E-state index contributed by atoms with van der Waals surface area (Å²) in [6, 6.07) is 79.7. The second kappa shape index (κ2) is 14.3. The number of rotatable bonds is 4. The molecule has 4 aromatic heterocycles. The van der Waals surface area contributed by atoms with Crippen LogP contribution in [0.25, 0.3) is 136 Å². The summed E-state index contributed by atoms with van der Waals surface area (Å²) in [7, 11) is 0. The van der Waals surface area contributed by atoms with Gasteiger partial charge in [0.25, 0.3) is 0 Å². The molecule has 0 bridgehead atoms. The molecule has 0 radical (unpaired) electrons. The van der Waals surface area contributed by atoms with Crippen molar-refractivity contribution >= 4 is 114 Å². The van der Waals surface area contributed by atoms with Gasteiger partial charge in [-0.1, -0.05) is 158 Å². The standard InChI is InChI=1S/C64H36N6/c1-66-50-37-59(69-55-34-32-39-16-2-4-18-42(39)61(55)48-24-14-30-57(63(48)69)67-51-26-10-6-20-44(51)45-21-7-11-27-52(45)67)41(38-65)36-60(50)70-56-35-33-40-17-3-5-19-43(40)62(56)49-25-15-31-58(64(49)70)68-53-28-12-8-22-46(53)47-23-9-13-29-54(47)68/h2-37H. The van der Waals surface area contributed by atoms with E-state index < -0.39 is 0 Å². The van der Waals surface area contributed by atoms with Crippen LogP contribution in [-0.2, 0) is 0 Å². The first-order chi connectivity index (χ1) is 34.7. The molecule has 0 amide bonds. The van der Waals surface area contributed by atoms with Gasteiger partial charge in [0.1, 0.15) is 6.07 Å². The Labute approximate surface area is 400 Å². The minimum atomic E-state index is 0.433. The number of hydrogen-bond acceptors (Lipinski definition) is 1. The highest BCUT2D eigenvalue weighted by atomic mass is 15.1. The van der Waals surface area contributed by atoms with E-state index >= 15 is 0 Å². The maximum absolute atomic E-state index is 11.6. The molecule has 322 valence electrons. The second-order valence-corrected chi connectivity index (χ2v) is 18.2. The molecule has 0 saturated heterocycles. The van der Waals surface area contributed by atoms with E-state index in [0.29, 0.717) is 22.6 Å². The largest absolute Gasteiger partial charge is 0.317 e. The number of hydrogen-bond donors (Lipinski definition) is 0. The second-order valence-electron chi connectivity index (χ2n) is 18.2. The van der Waals surface area contributed by atoms with Gasteiger partial charge < -0.3 is 18.3 Å². The van der Waals surface area contributed by atoms with Crippen molar-refractivity contribution in [2.24, 2.45) is 0 Å². The molecule has 0 aliphatic rings. The highest BCUT2D eigenvalue weighted by Gasteiger charge is 2.27. The van der Waals surface area contributed by atoms with Crippen LogP contribution in [0, 0.1) is 17.9 Å². The lowest BCUT2D eigenvalue weighted by molar-refractivity contribution is 1.11. The van der Waals surface area contributed by atoms with Gasteiger partial charge in [-0.2, -0.15) is 5.26 Å². The molecule has 4 heterocycles. The average Bonchev–Trinajstić information content (AvgIpc) is 4.16. The van der Waals surface area contributed by atoms with Gasteiger partial charge in [-0.05, 0) is 82.2 Å². The monoisotopic (exact) mass is 888 g/mol. The Hall–Kier alpha value is -9.88. The van der Waals surface area contributed by atoms with Crippen LogP contribution >= 0.6 is 0 Å². The smallest absolute Gasteiger partial charge is 0.212 e. The predicted octanol–water partition coefficient (Wildman–Crippen LogP) is 16.8. The molecular formula is C64H36N6. The summed E-state index contributed by atoms with van der Waals surface area (Å²) >= 11 is 0. The number of nitriles is 1. The number of nitrogens with zero attached hydrogens (tertiary/aromatic N) is 6. The highest BCUT2D eigenvalue weighted by Crippen LogP contribution is 2.47. The fourth-order valence-electron chi connectivity index (χ4n) is 12.0. The van der Waals surface area contributed by atoms with Gasteiger partial charge in [-0.15, -0.1) is 0 Å². The quantitative estimate of drug-likeness (QED) is 0.162. The summed E-state index contributed by atoms with van der Waals surface area (Å²) in [6.45, 7) is 9.07. The molecule has 0 unspecified atom stereocenters. The first-order valence-electron chi connectivity index (χ1n) is 23.5. The number of para-hydroxylation sites is 6. The molecule has 0 aliphatic heterocycles. The van der Waals surface area contributed by atoms with E-state index in [1.807, 2.05) is 12.1 Å². The first kappa shape index (κ1) is 38.2. The number of aromatic nitrogens is 4. The van der Waals surface area contributed by atoms with Crippen molar-refractivity contribution < 1.29 is 0 Å². The Morgan fingerprint density at radius 1 is 0.329 bits per heavy atom. The molecule has 11 aromatic carbocycles. The lowest BCUT2D eigenvalue weighted by atomic mass is 10.0. The van der Waals surface area contributed by atoms with Crippen LogP contribution in [0.5, 0.6) is 0 Å². The van der Waals surface area contributed by atoms with Crippen LogP contribution in [0.15, 0.2) is 218 Å². The predicted molar refractivity (Wildman–Crippen MR) is 290 cm³/mol. The minimum Gasteiger partial charge on any atom is -0.317 e. The van der Waals surface area contributed by atoms with Crippen molar-refractivity contribution in [1.29, 1.82) is 5.26 Å². The van der Waals surface area contributed by atoms with Crippen LogP contribution in [-0.4, -0.2) is 18.3 Å².